The van der Waals surface area contributed by atoms with Gasteiger partial charge < -0.3 is 15.3 Å². The highest BCUT2D eigenvalue weighted by atomic mass is 32.1. The van der Waals surface area contributed by atoms with Crippen molar-refractivity contribution in [3.8, 4) is 0 Å². The summed E-state index contributed by atoms with van der Waals surface area (Å²) in [6.45, 7) is 0. The van der Waals surface area contributed by atoms with Gasteiger partial charge in [-0.2, -0.15) is 0 Å². The van der Waals surface area contributed by atoms with Crippen molar-refractivity contribution in [2.75, 3.05) is 11.9 Å². The van der Waals surface area contributed by atoms with Crippen LogP contribution in [0.15, 0.2) is 35.7 Å². The Morgan fingerprint density at radius 3 is 2.80 bits per heavy atom. The van der Waals surface area contributed by atoms with E-state index in [1.54, 1.807) is 30.1 Å². The van der Waals surface area contributed by atoms with Crippen molar-refractivity contribution in [1.29, 1.82) is 0 Å². The molecule has 0 saturated heterocycles. The molecule has 2 heterocycles. The van der Waals surface area contributed by atoms with Crippen molar-refractivity contribution in [3.63, 3.8) is 0 Å². The van der Waals surface area contributed by atoms with Crippen molar-refractivity contribution >= 4 is 34.8 Å². The average Bonchev–Trinajstić information content (AvgIpc) is 3.11. The van der Waals surface area contributed by atoms with Crippen LogP contribution in [0.2, 0.25) is 0 Å². The average molecular weight is 358 g/mol. The van der Waals surface area contributed by atoms with Gasteiger partial charge in [0.1, 0.15) is 0 Å². The number of carboxylic acid groups (broad SMARTS) is 1. The Bertz CT molecular complexity index is 816. The lowest BCUT2D eigenvalue weighted by atomic mass is 9.98. The number of carboxylic acids is 1. The highest BCUT2D eigenvalue weighted by Crippen LogP contribution is 2.28. The van der Waals surface area contributed by atoms with Crippen molar-refractivity contribution in [2.45, 2.75) is 25.3 Å². The van der Waals surface area contributed by atoms with Crippen LogP contribution in [0.3, 0.4) is 0 Å². The van der Waals surface area contributed by atoms with Gasteiger partial charge in [0.15, 0.2) is 0 Å². The molecule has 1 aliphatic heterocycles. The Labute approximate surface area is 149 Å². The molecule has 2 amide bonds. The third kappa shape index (κ3) is 3.71. The lowest BCUT2D eigenvalue weighted by Crippen LogP contribution is -2.32. The summed E-state index contributed by atoms with van der Waals surface area (Å²) in [6, 6.07) is 8.28. The predicted molar refractivity (Wildman–Crippen MR) is 95.0 cm³/mol. The van der Waals surface area contributed by atoms with E-state index >= 15 is 0 Å². The van der Waals surface area contributed by atoms with Crippen LogP contribution >= 0.6 is 11.3 Å². The second kappa shape index (κ2) is 7.06. The summed E-state index contributed by atoms with van der Waals surface area (Å²) in [5, 5.41) is 13.7. The normalized spacial score (nSPS) is 14.8. The zero-order valence-electron chi connectivity index (χ0n) is 13.7. The number of carbonyl (C=O) groups excluding carboxylic acids is 2. The second-order valence-corrected chi connectivity index (χ2v) is 6.91. The molecule has 0 bridgehead atoms. The molecule has 130 valence electrons. The molecular formula is C18H18N2O4S. The largest absolute Gasteiger partial charge is 0.481 e. The fourth-order valence-electron chi connectivity index (χ4n) is 2.93. The van der Waals surface area contributed by atoms with Gasteiger partial charge in [-0.05, 0) is 41.6 Å². The van der Waals surface area contributed by atoms with E-state index in [4.69, 9.17) is 5.11 Å². The van der Waals surface area contributed by atoms with Crippen LogP contribution in [-0.4, -0.2) is 29.9 Å². The highest BCUT2D eigenvalue weighted by Gasteiger charge is 2.23. The number of aliphatic carboxylic acids is 1. The van der Waals surface area contributed by atoms with Crippen LogP contribution in [0, 0.1) is 0 Å². The first-order valence-corrected chi connectivity index (χ1v) is 8.79. The van der Waals surface area contributed by atoms with Crippen molar-refractivity contribution in [1.82, 2.24) is 5.32 Å². The summed E-state index contributed by atoms with van der Waals surface area (Å²) in [5.41, 5.74) is 2.22. The van der Waals surface area contributed by atoms with Gasteiger partial charge in [-0.25, -0.2) is 0 Å². The lowest BCUT2D eigenvalue weighted by molar-refractivity contribution is -0.137. The minimum atomic E-state index is -0.968. The number of benzene rings is 1. The fraction of sp³-hybridized carbons (Fsp3) is 0.278. The van der Waals surface area contributed by atoms with E-state index in [0.29, 0.717) is 18.4 Å². The standard InChI is InChI=1S/C18H18N2O4S/c1-20-14-6-4-12(9-11(14)5-7-16(20)21)18(24)19-13(10-17(22)23)15-3-2-8-25-15/h2-4,6,8-9,13H,5,7,10H2,1H3,(H,19,24)(H,22,23). The van der Waals surface area contributed by atoms with Gasteiger partial charge in [-0.1, -0.05) is 6.07 Å². The highest BCUT2D eigenvalue weighted by molar-refractivity contribution is 7.10. The second-order valence-electron chi connectivity index (χ2n) is 5.94. The molecule has 1 aromatic carbocycles. The Kier molecular flexibility index (Phi) is 4.85. The number of hydrogen-bond acceptors (Lipinski definition) is 4. The Hall–Kier alpha value is -2.67. The molecule has 1 aliphatic rings. The van der Waals surface area contributed by atoms with Gasteiger partial charge in [0.25, 0.3) is 5.91 Å². The van der Waals surface area contributed by atoms with Crippen LogP contribution in [0.1, 0.15) is 39.7 Å². The Morgan fingerprint density at radius 1 is 1.32 bits per heavy atom. The Morgan fingerprint density at radius 2 is 2.12 bits per heavy atom. The molecule has 7 heteroatoms. The van der Waals surface area contributed by atoms with Crippen LogP contribution in [0.25, 0.3) is 0 Å². The zero-order valence-corrected chi connectivity index (χ0v) is 14.5. The monoisotopic (exact) mass is 358 g/mol. The molecule has 0 fully saturated rings. The summed E-state index contributed by atoms with van der Waals surface area (Å²) >= 11 is 1.41. The topological polar surface area (TPSA) is 86.7 Å². The first-order valence-electron chi connectivity index (χ1n) is 7.91. The maximum atomic E-state index is 12.6. The molecule has 3 rings (SSSR count). The van der Waals surface area contributed by atoms with E-state index in [-0.39, 0.29) is 18.2 Å². The summed E-state index contributed by atoms with van der Waals surface area (Å²) in [5.74, 6) is -1.23. The van der Waals surface area contributed by atoms with Crippen molar-refractivity contribution in [2.24, 2.45) is 0 Å². The number of aryl methyl sites for hydroxylation is 1. The number of carbonyl (C=O) groups is 3. The number of nitrogens with zero attached hydrogens (tertiary/aromatic N) is 1. The summed E-state index contributed by atoms with van der Waals surface area (Å²) < 4.78 is 0. The number of rotatable bonds is 5. The third-order valence-corrected chi connectivity index (χ3v) is 5.24. The van der Waals surface area contributed by atoms with Crippen molar-refractivity contribution in [3.05, 3.63) is 51.7 Å². The van der Waals surface area contributed by atoms with Gasteiger partial charge in [0, 0.05) is 29.6 Å². The molecular weight excluding hydrogens is 340 g/mol. The van der Waals surface area contributed by atoms with E-state index in [9.17, 15) is 14.4 Å². The number of amides is 2. The number of hydrogen-bond donors (Lipinski definition) is 2. The van der Waals surface area contributed by atoms with E-state index in [1.165, 1.54) is 11.3 Å². The number of fused-ring (bicyclic) bond motifs is 1. The van der Waals surface area contributed by atoms with E-state index < -0.39 is 12.0 Å². The molecule has 1 aromatic heterocycles. The molecule has 2 N–H and O–H groups in total. The predicted octanol–water partition coefficient (Wildman–Crippen LogP) is 2.60. The van der Waals surface area contributed by atoms with Gasteiger partial charge in [0.05, 0.1) is 12.5 Å². The van der Waals surface area contributed by atoms with Gasteiger partial charge in [-0.15, -0.1) is 11.3 Å². The summed E-state index contributed by atoms with van der Waals surface area (Å²) in [7, 11) is 1.72. The summed E-state index contributed by atoms with van der Waals surface area (Å²) in [4.78, 5) is 37.8. The lowest BCUT2D eigenvalue weighted by Gasteiger charge is -2.26. The number of anilines is 1. The van der Waals surface area contributed by atoms with Gasteiger partial charge in [0.2, 0.25) is 5.91 Å². The zero-order chi connectivity index (χ0) is 18.0. The van der Waals surface area contributed by atoms with E-state index in [0.717, 1.165) is 16.1 Å². The number of thiophene rings is 1. The van der Waals surface area contributed by atoms with E-state index in [2.05, 4.69) is 5.32 Å². The molecule has 0 saturated carbocycles. The molecule has 25 heavy (non-hydrogen) atoms. The first kappa shape index (κ1) is 17.2. The minimum Gasteiger partial charge on any atom is -0.481 e. The summed E-state index contributed by atoms with van der Waals surface area (Å²) in [6.07, 6.45) is 0.850. The third-order valence-electron chi connectivity index (χ3n) is 4.26. The Balaban J connectivity index is 1.80. The molecule has 2 aromatic rings. The van der Waals surface area contributed by atoms with Crippen LogP contribution in [0.5, 0.6) is 0 Å². The smallest absolute Gasteiger partial charge is 0.305 e. The van der Waals surface area contributed by atoms with Crippen LogP contribution < -0.4 is 10.2 Å². The SMILES string of the molecule is CN1C(=O)CCc2cc(C(=O)NC(CC(=O)O)c3cccs3)ccc21. The quantitative estimate of drug-likeness (QED) is 0.860. The molecule has 0 aliphatic carbocycles. The molecule has 1 unspecified atom stereocenters. The molecule has 1 atom stereocenters. The maximum absolute atomic E-state index is 12.6. The fourth-order valence-corrected chi connectivity index (χ4v) is 3.70. The first-order chi connectivity index (χ1) is 12.0. The molecule has 0 radical (unpaired) electrons. The number of nitrogens with one attached hydrogen (secondary N) is 1. The van der Waals surface area contributed by atoms with Gasteiger partial charge >= 0.3 is 5.97 Å². The van der Waals surface area contributed by atoms with Crippen molar-refractivity contribution < 1.29 is 19.5 Å². The van der Waals surface area contributed by atoms with E-state index in [1.807, 2.05) is 17.5 Å². The van der Waals surface area contributed by atoms with Gasteiger partial charge in [-0.3, -0.25) is 14.4 Å². The minimum absolute atomic E-state index is 0.0592. The molecule has 0 spiro atoms. The van der Waals surface area contributed by atoms with Crippen LogP contribution in [-0.2, 0) is 16.0 Å². The molecule has 6 nitrogen and oxygen atoms in total. The maximum Gasteiger partial charge on any atom is 0.305 e. The van der Waals surface area contributed by atoms with Crippen LogP contribution in [0.4, 0.5) is 5.69 Å².